The maximum absolute atomic E-state index is 3.77. The standard InChI is InChI=1S/C19H29N/c1-2-6-15-9-10-17(14-20-18-11-12-18)19(13-15)16-7-4-3-5-8-16/h3-5,7-8,15,17-20H,2,6,9-14H2,1H3. The van der Waals surface area contributed by atoms with E-state index < -0.39 is 0 Å². The topological polar surface area (TPSA) is 12.0 Å². The van der Waals surface area contributed by atoms with Gasteiger partial charge in [0, 0.05) is 6.04 Å². The molecule has 1 nitrogen and oxygen atoms in total. The summed E-state index contributed by atoms with van der Waals surface area (Å²) in [4.78, 5) is 0. The summed E-state index contributed by atoms with van der Waals surface area (Å²) in [5.41, 5.74) is 1.58. The van der Waals surface area contributed by atoms with Gasteiger partial charge in [-0.25, -0.2) is 0 Å². The highest BCUT2D eigenvalue weighted by molar-refractivity contribution is 5.21. The predicted molar refractivity (Wildman–Crippen MR) is 85.9 cm³/mol. The minimum Gasteiger partial charge on any atom is -0.314 e. The first kappa shape index (κ1) is 14.1. The van der Waals surface area contributed by atoms with Crippen LogP contribution in [0.1, 0.15) is 63.4 Å². The molecule has 0 spiro atoms. The minimum absolute atomic E-state index is 0.785. The van der Waals surface area contributed by atoms with Crippen molar-refractivity contribution in [3.05, 3.63) is 35.9 Å². The monoisotopic (exact) mass is 271 g/mol. The van der Waals surface area contributed by atoms with E-state index in [-0.39, 0.29) is 0 Å². The first-order chi connectivity index (χ1) is 9.86. The van der Waals surface area contributed by atoms with Gasteiger partial charge in [0.1, 0.15) is 0 Å². The fourth-order valence-electron chi connectivity index (χ4n) is 3.95. The zero-order valence-electron chi connectivity index (χ0n) is 12.9. The largest absolute Gasteiger partial charge is 0.314 e. The van der Waals surface area contributed by atoms with Crippen molar-refractivity contribution in [2.75, 3.05) is 6.54 Å². The summed E-state index contributed by atoms with van der Waals surface area (Å²) in [7, 11) is 0. The fourth-order valence-corrected chi connectivity index (χ4v) is 3.95. The van der Waals surface area contributed by atoms with Crippen LogP contribution in [0.4, 0.5) is 0 Å². The van der Waals surface area contributed by atoms with Crippen LogP contribution in [0.15, 0.2) is 30.3 Å². The Balaban J connectivity index is 1.67. The third kappa shape index (κ3) is 3.63. The molecule has 3 unspecified atom stereocenters. The summed E-state index contributed by atoms with van der Waals surface area (Å²) in [6.45, 7) is 3.57. The first-order valence-corrected chi connectivity index (χ1v) is 8.65. The van der Waals surface area contributed by atoms with Crippen LogP contribution in [0.2, 0.25) is 0 Å². The molecular weight excluding hydrogens is 242 g/mol. The Hall–Kier alpha value is -0.820. The normalized spacial score (nSPS) is 30.4. The van der Waals surface area contributed by atoms with E-state index in [4.69, 9.17) is 0 Å². The lowest BCUT2D eigenvalue weighted by molar-refractivity contribution is 0.220. The number of nitrogens with one attached hydrogen (secondary N) is 1. The van der Waals surface area contributed by atoms with Crippen molar-refractivity contribution in [2.45, 2.75) is 63.8 Å². The lowest BCUT2D eigenvalue weighted by Crippen LogP contribution is -2.33. The van der Waals surface area contributed by atoms with Crippen LogP contribution in [-0.4, -0.2) is 12.6 Å². The van der Waals surface area contributed by atoms with Gasteiger partial charge in [-0.2, -0.15) is 0 Å². The van der Waals surface area contributed by atoms with Crippen molar-refractivity contribution in [2.24, 2.45) is 11.8 Å². The Labute approximate surface area is 124 Å². The van der Waals surface area contributed by atoms with Crippen molar-refractivity contribution in [3.63, 3.8) is 0 Å². The van der Waals surface area contributed by atoms with E-state index in [9.17, 15) is 0 Å². The molecule has 2 aliphatic carbocycles. The second-order valence-corrected chi connectivity index (χ2v) is 6.93. The third-order valence-electron chi connectivity index (χ3n) is 5.27. The molecule has 0 heterocycles. The Morgan fingerprint density at radius 2 is 1.85 bits per heavy atom. The summed E-state index contributed by atoms with van der Waals surface area (Å²) >= 11 is 0. The summed E-state index contributed by atoms with van der Waals surface area (Å²) in [5, 5.41) is 3.77. The number of hydrogen-bond donors (Lipinski definition) is 1. The summed E-state index contributed by atoms with van der Waals surface area (Å²) < 4.78 is 0. The lowest BCUT2D eigenvalue weighted by atomic mass is 9.70. The van der Waals surface area contributed by atoms with E-state index in [1.165, 1.54) is 51.5 Å². The van der Waals surface area contributed by atoms with E-state index >= 15 is 0 Å². The van der Waals surface area contributed by atoms with Gasteiger partial charge < -0.3 is 5.32 Å². The van der Waals surface area contributed by atoms with Gasteiger partial charge >= 0.3 is 0 Å². The van der Waals surface area contributed by atoms with Crippen molar-refractivity contribution in [1.82, 2.24) is 5.32 Å². The quantitative estimate of drug-likeness (QED) is 0.788. The number of hydrogen-bond acceptors (Lipinski definition) is 1. The Morgan fingerprint density at radius 1 is 1.05 bits per heavy atom. The maximum Gasteiger partial charge on any atom is 0.00683 e. The molecule has 0 bridgehead atoms. The molecule has 2 fully saturated rings. The molecule has 110 valence electrons. The lowest BCUT2D eigenvalue weighted by Gasteiger charge is -2.37. The SMILES string of the molecule is CCCC1CCC(CNC2CC2)C(c2ccccc2)C1. The molecule has 3 atom stereocenters. The van der Waals surface area contributed by atoms with Gasteiger partial charge in [0.05, 0.1) is 0 Å². The highest BCUT2D eigenvalue weighted by Gasteiger charge is 2.32. The van der Waals surface area contributed by atoms with Crippen LogP contribution < -0.4 is 5.32 Å². The minimum atomic E-state index is 0.785. The third-order valence-corrected chi connectivity index (χ3v) is 5.27. The van der Waals surface area contributed by atoms with E-state index in [1.54, 1.807) is 5.56 Å². The zero-order valence-corrected chi connectivity index (χ0v) is 12.9. The van der Waals surface area contributed by atoms with E-state index in [2.05, 4.69) is 42.6 Å². The molecule has 1 aromatic rings. The van der Waals surface area contributed by atoms with Crippen molar-refractivity contribution in [3.8, 4) is 0 Å². The maximum atomic E-state index is 3.77. The highest BCUT2D eigenvalue weighted by atomic mass is 14.9. The van der Waals surface area contributed by atoms with Crippen LogP contribution in [0.5, 0.6) is 0 Å². The molecule has 3 rings (SSSR count). The van der Waals surface area contributed by atoms with Gasteiger partial charge in [-0.05, 0) is 55.5 Å². The van der Waals surface area contributed by atoms with Crippen LogP contribution in [0, 0.1) is 11.8 Å². The van der Waals surface area contributed by atoms with Gasteiger partial charge in [0.2, 0.25) is 0 Å². The van der Waals surface area contributed by atoms with E-state index in [0.717, 1.165) is 23.8 Å². The van der Waals surface area contributed by atoms with Crippen molar-refractivity contribution >= 4 is 0 Å². The van der Waals surface area contributed by atoms with Gasteiger partial charge in [0.25, 0.3) is 0 Å². The molecule has 0 aromatic heterocycles. The molecular formula is C19H29N. The Bertz CT molecular complexity index is 395. The smallest absolute Gasteiger partial charge is 0.00683 e. The second kappa shape index (κ2) is 6.76. The van der Waals surface area contributed by atoms with Crippen molar-refractivity contribution in [1.29, 1.82) is 0 Å². The molecule has 2 aliphatic rings. The molecule has 0 radical (unpaired) electrons. The van der Waals surface area contributed by atoms with E-state index in [1.807, 2.05) is 0 Å². The van der Waals surface area contributed by atoms with Crippen molar-refractivity contribution < 1.29 is 0 Å². The van der Waals surface area contributed by atoms with Crippen LogP contribution in [-0.2, 0) is 0 Å². The molecule has 1 aromatic carbocycles. The fraction of sp³-hybridized carbons (Fsp3) is 0.684. The first-order valence-electron chi connectivity index (χ1n) is 8.65. The van der Waals surface area contributed by atoms with Crippen LogP contribution in [0.25, 0.3) is 0 Å². The zero-order chi connectivity index (χ0) is 13.8. The van der Waals surface area contributed by atoms with E-state index in [0.29, 0.717) is 0 Å². The second-order valence-electron chi connectivity index (χ2n) is 6.93. The Kier molecular flexibility index (Phi) is 4.77. The summed E-state index contributed by atoms with van der Waals surface area (Å²) in [6.07, 6.45) is 9.86. The number of rotatable bonds is 6. The predicted octanol–water partition coefficient (Wildman–Crippen LogP) is 4.74. The summed E-state index contributed by atoms with van der Waals surface area (Å²) in [5.74, 6) is 2.60. The molecule has 2 saturated carbocycles. The molecule has 20 heavy (non-hydrogen) atoms. The molecule has 1 heteroatoms. The van der Waals surface area contributed by atoms with Gasteiger partial charge in [0.15, 0.2) is 0 Å². The van der Waals surface area contributed by atoms with Gasteiger partial charge in [-0.1, -0.05) is 56.5 Å². The highest BCUT2D eigenvalue weighted by Crippen LogP contribution is 2.42. The average Bonchev–Trinajstić information content (AvgIpc) is 3.31. The van der Waals surface area contributed by atoms with Gasteiger partial charge in [-0.3, -0.25) is 0 Å². The summed E-state index contributed by atoms with van der Waals surface area (Å²) in [6, 6.07) is 12.1. The van der Waals surface area contributed by atoms with Crippen LogP contribution in [0.3, 0.4) is 0 Å². The average molecular weight is 271 g/mol. The number of benzene rings is 1. The molecule has 0 saturated heterocycles. The molecule has 0 aliphatic heterocycles. The molecule has 1 N–H and O–H groups in total. The van der Waals surface area contributed by atoms with Crippen LogP contribution >= 0.6 is 0 Å². The molecule has 0 amide bonds. The Morgan fingerprint density at radius 3 is 2.55 bits per heavy atom. The van der Waals surface area contributed by atoms with Gasteiger partial charge in [-0.15, -0.1) is 0 Å².